The molecular formula is C22H26BrFN4O2. The van der Waals surface area contributed by atoms with E-state index >= 15 is 0 Å². The van der Waals surface area contributed by atoms with Crippen LogP contribution >= 0.6 is 15.9 Å². The van der Waals surface area contributed by atoms with Crippen LogP contribution in [-0.2, 0) is 11.3 Å². The summed E-state index contributed by atoms with van der Waals surface area (Å²) >= 11 is 3.36. The molecule has 0 bridgehead atoms. The first-order chi connectivity index (χ1) is 14.4. The Balaban J connectivity index is 1.67. The van der Waals surface area contributed by atoms with Crippen LogP contribution in [0.15, 0.2) is 45.9 Å². The lowest BCUT2D eigenvalue weighted by Gasteiger charge is -2.17. The predicted molar refractivity (Wildman–Crippen MR) is 120 cm³/mol. The van der Waals surface area contributed by atoms with Gasteiger partial charge in [-0.25, -0.2) is 9.38 Å². The fourth-order valence-corrected chi connectivity index (χ4v) is 3.71. The van der Waals surface area contributed by atoms with Gasteiger partial charge in [-0.05, 0) is 61.7 Å². The number of guanidine groups is 1. The van der Waals surface area contributed by atoms with Crippen LogP contribution in [0.1, 0.15) is 30.4 Å². The Bertz CT molecular complexity index is 935. The summed E-state index contributed by atoms with van der Waals surface area (Å²) < 4.78 is 14.9. The van der Waals surface area contributed by atoms with Crippen LogP contribution in [0.2, 0.25) is 0 Å². The largest absolute Gasteiger partial charge is 0.508 e. The molecule has 0 saturated carbocycles. The smallest absolute Gasteiger partial charge is 0.222 e. The Labute approximate surface area is 184 Å². The van der Waals surface area contributed by atoms with Gasteiger partial charge in [-0.2, -0.15) is 0 Å². The van der Waals surface area contributed by atoms with E-state index in [0.29, 0.717) is 31.0 Å². The third-order valence-corrected chi connectivity index (χ3v) is 5.44. The van der Waals surface area contributed by atoms with Crippen LogP contribution in [0.3, 0.4) is 0 Å². The van der Waals surface area contributed by atoms with Crippen molar-refractivity contribution in [2.45, 2.75) is 32.7 Å². The highest BCUT2D eigenvalue weighted by atomic mass is 79.9. The number of phenols is 1. The van der Waals surface area contributed by atoms with Crippen LogP contribution in [0.4, 0.5) is 10.1 Å². The topological polar surface area (TPSA) is 77.0 Å². The monoisotopic (exact) mass is 476 g/mol. The van der Waals surface area contributed by atoms with E-state index in [1.54, 1.807) is 30.3 Å². The van der Waals surface area contributed by atoms with Crippen molar-refractivity contribution in [1.29, 1.82) is 0 Å². The molecule has 0 spiro atoms. The van der Waals surface area contributed by atoms with Gasteiger partial charge in [0.05, 0.1) is 6.54 Å². The van der Waals surface area contributed by atoms with E-state index in [4.69, 9.17) is 0 Å². The van der Waals surface area contributed by atoms with E-state index in [9.17, 15) is 14.3 Å². The molecule has 0 radical (unpaired) electrons. The molecule has 3 N–H and O–H groups in total. The number of aliphatic imine (C=N–C) groups is 1. The Hall–Kier alpha value is -2.61. The predicted octanol–water partition coefficient (Wildman–Crippen LogP) is 4.17. The minimum Gasteiger partial charge on any atom is -0.508 e. The number of halogens is 2. The summed E-state index contributed by atoms with van der Waals surface area (Å²) in [5.74, 6) is 0.605. The van der Waals surface area contributed by atoms with Gasteiger partial charge in [0.1, 0.15) is 11.6 Å². The summed E-state index contributed by atoms with van der Waals surface area (Å²) in [5, 5.41) is 16.1. The highest BCUT2D eigenvalue weighted by Crippen LogP contribution is 2.20. The molecule has 3 rings (SSSR count). The maximum atomic E-state index is 14.1. The number of hydrogen-bond donors (Lipinski definition) is 3. The van der Waals surface area contributed by atoms with Crippen molar-refractivity contribution in [3.05, 3.63) is 57.8 Å². The van der Waals surface area contributed by atoms with Crippen molar-refractivity contribution in [3.63, 3.8) is 0 Å². The lowest BCUT2D eigenvalue weighted by atomic mass is 10.2. The molecule has 1 saturated heterocycles. The molecule has 1 aliphatic rings. The quantitative estimate of drug-likeness (QED) is 0.242. The van der Waals surface area contributed by atoms with Gasteiger partial charge in [-0.3, -0.25) is 4.79 Å². The fourth-order valence-electron chi connectivity index (χ4n) is 3.30. The fraction of sp³-hybridized carbons (Fsp3) is 0.364. The number of carbonyl (C=O) groups is 1. The van der Waals surface area contributed by atoms with E-state index < -0.39 is 0 Å². The number of anilines is 1. The lowest BCUT2D eigenvalue weighted by Crippen LogP contribution is -2.34. The normalized spacial score (nSPS) is 14.3. The van der Waals surface area contributed by atoms with Gasteiger partial charge in [0.25, 0.3) is 0 Å². The summed E-state index contributed by atoms with van der Waals surface area (Å²) in [5.41, 5.74) is 2.14. The number of rotatable bonds is 7. The zero-order valence-electron chi connectivity index (χ0n) is 16.9. The Morgan fingerprint density at radius 1 is 1.30 bits per heavy atom. The summed E-state index contributed by atoms with van der Waals surface area (Å²) in [6.45, 7) is 4.20. The van der Waals surface area contributed by atoms with Crippen LogP contribution in [-0.4, -0.2) is 41.5 Å². The first kappa shape index (κ1) is 22.1. The van der Waals surface area contributed by atoms with Gasteiger partial charge in [-0.1, -0.05) is 15.9 Å². The van der Waals surface area contributed by atoms with Crippen molar-refractivity contribution < 1.29 is 14.3 Å². The molecule has 0 aliphatic carbocycles. The molecule has 0 unspecified atom stereocenters. The maximum absolute atomic E-state index is 14.1. The number of phenolic OH excluding ortho intramolecular Hbond substituents is 1. The zero-order chi connectivity index (χ0) is 21.5. The van der Waals surface area contributed by atoms with E-state index in [2.05, 4.69) is 31.6 Å². The third-order valence-electron chi connectivity index (χ3n) is 4.95. The van der Waals surface area contributed by atoms with Crippen molar-refractivity contribution in [2.24, 2.45) is 4.99 Å². The van der Waals surface area contributed by atoms with E-state index in [-0.39, 0.29) is 24.0 Å². The maximum Gasteiger partial charge on any atom is 0.222 e. The lowest BCUT2D eigenvalue weighted by molar-refractivity contribution is -0.127. The van der Waals surface area contributed by atoms with E-state index in [0.717, 1.165) is 35.1 Å². The van der Waals surface area contributed by atoms with Gasteiger partial charge < -0.3 is 20.6 Å². The van der Waals surface area contributed by atoms with Crippen LogP contribution < -0.4 is 10.6 Å². The molecule has 1 heterocycles. The van der Waals surface area contributed by atoms with Gasteiger partial charge in [0.2, 0.25) is 5.91 Å². The molecule has 0 aromatic heterocycles. The third kappa shape index (κ3) is 6.19. The molecule has 2 aromatic carbocycles. The number of likely N-dealkylation sites (tertiary alicyclic amines) is 1. The molecule has 30 heavy (non-hydrogen) atoms. The van der Waals surface area contributed by atoms with Gasteiger partial charge >= 0.3 is 0 Å². The highest BCUT2D eigenvalue weighted by molar-refractivity contribution is 9.10. The van der Waals surface area contributed by atoms with Gasteiger partial charge in [0.15, 0.2) is 5.96 Å². The Morgan fingerprint density at radius 2 is 2.13 bits per heavy atom. The van der Waals surface area contributed by atoms with Gasteiger partial charge in [-0.15, -0.1) is 0 Å². The molecule has 2 aromatic rings. The minimum atomic E-state index is -0.311. The molecular weight excluding hydrogens is 451 g/mol. The van der Waals surface area contributed by atoms with Crippen molar-refractivity contribution in [3.8, 4) is 5.75 Å². The summed E-state index contributed by atoms with van der Waals surface area (Å²) in [6, 6.07) is 9.80. The van der Waals surface area contributed by atoms with Crippen molar-refractivity contribution >= 4 is 33.5 Å². The first-order valence-electron chi connectivity index (χ1n) is 9.99. The standard InChI is InChI=1S/C22H26BrFN4O2/c1-15-12-18(29)6-8-20(15)27-22(25-9-3-11-28-10-2-4-21(28)30)26-14-16-13-17(23)5-7-19(16)24/h5-8,12-13,29H,2-4,9-11,14H2,1H3,(H2,25,26,27). The van der Waals surface area contributed by atoms with E-state index in [1.165, 1.54) is 6.07 Å². The molecule has 1 aliphatic heterocycles. The van der Waals surface area contributed by atoms with Crippen LogP contribution in [0.25, 0.3) is 0 Å². The summed E-state index contributed by atoms with van der Waals surface area (Å²) in [6.07, 6.45) is 2.35. The number of benzene rings is 2. The first-order valence-corrected chi connectivity index (χ1v) is 10.8. The molecule has 1 fully saturated rings. The van der Waals surface area contributed by atoms with Gasteiger partial charge in [0, 0.05) is 41.8 Å². The Morgan fingerprint density at radius 3 is 2.87 bits per heavy atom. The summed E-state index contributed by atoms with van der Waals surface area (Å²) in [4.78, 5) is 18.1. The molecule has 160 valence electrons. The van der Waals surface area contributed by atoms with Crippen LogP contribution in [0, 0.1) is 12.7 Å². The average Bonchev–Trinajstić information content (AvgIpc) is 3.12. The molecule has 8 heteroatoms. The second kappa shape index (κ2) is 10.4. The molecule has 6 nitrogen and oxygen atoms in total. The number of aromatic hydroxyl groups is 1. The number of aryl methyl sites for hydroxylation is 1. The number of nitrogens with one attached hydrogen (secondary N) is 2. The SMILES string of the molecule is Cc1cc(O)ccc1NC(=NCc1cc(Br)ccc1F)NCCCN1CCCC1=O. The number of nitrogens with zero attached hydrogens (tertiary/aromatic N) is 2. The average molecular weight is 477 g/mol. The Kier molecular flexibility index (Phi) is 7.68. The van der Waals surface area contributed by atoms with Crippen molar-refractivity contribution in [1.82, 2.24) is 10.2 Å². The molecule has 1 amide bonds. The number of carbonyl (C=O) groups excluding carboxylic acids is 1. The second-order valence-corrected chi connectivity index (χ2v) is 8.21. The minimum absolute atomic E-state index is 0.169. The summed E-state index contributed by atoms with van der Waals surface area (Å²) in [7, 11) is 0. The van der Waals surface area contributed by atoms with Crippen molar-refractivity contribution in [2.75, 3.05) is 25.0 Å². The second-order valence-electron chi connectivity index (χ2n) is 7.29. The number of amides is 1. The zero-order valence-corrected chi connectivity index (χ0v) is 18.5. The highest BCUT2D eigenvalue weighted by Gasteiger charge is 2.19. The van der Waals surface area contributed by atoms with Crippen LogP contribution in [0.5, 0.6) is 5.75 Å². The molecule has 0 atom stereocenters. The number of hydrogen-bond acceptors (Lipinski definition) is 3. The van der Waals surface area contributed by atoms with E-state index in [1.807, 2.05) is 11.8 Å².